The van der Waals surface area contributed by atoms with E-state index in [4.69, 9.17) is 5.11 Å². The van der Waals surface area contributed by atoms with Crippen LogP contribution >= 0.6 is 0 Å². The summed E-state index contributed by atoms with van der Waals surface area (Å²) in [7, 11) is -3.47. The summed E-state index contributed by atoms with van der Waals surface area (Å²) in [5, 5.41) is 8.94. The predicted molar refractivity (Wildman–Crippen MR) is 58.7 cm³/mol. The van der Waals surface area contributed by atoms with E-state index in [1.54, 1.807) is 0 Å². The fourth-order valence-corrected chi connectivity index (χ4v) is 2.33. The van der Waals surface area contributed by atoms with Gasteiger partial charge in [-0.25, -0.2) is 17.5 Å². The van der Waals surface area contributed by atoms with E-state index in [-0.39, 0.29) is 12.3 Å². The van der Waals surface area contributed by atoms with Gasteiger partial charge in [0, 0.05) is 6.54 Å². The standard InChI is InChI=1S/C10H14FNO3S/c1-8(13)6-12-16(14,15)7-9-2-4-10(11)5-3-9/h2-5,8,12-13H,6-7H2,1H3/t8-/m1/s1. The molecule has 0 saturated carbocycles. The maximum absolute atomic E-state index is 12.6. The summed E-state index contributed by atoms with van der Waals surface area (Å²) >= 11 is 0. The van der Waals surface area contributed by atoms with Crippen LogP contribution in [0.2, 0.25) is 0 Å². The van der Waals surface area contributed by atoms with Crippen molar-refractivity contribution in [1.29, 1.82) is 0 Å². The van der Waals surface area contributed by atoms with Gasteiger partial charge in [0.15, 0.2) is 0 Å². The molecule has 0 fully saturated rings. The predicted octanol–water partition coefficient (Wildman–Crippen LogP) is 0.626. The number of halogens is 1. The topological polar surface area (TPSA) is 66.4 Å². The van der Waals surface area contributed by atoms with E-state index in [0.29, 0.717) is 5.56 Å². The summed E-state index contributed by atoms with van der Waals surface area (Å²) in [5.74, 6) is -0.627. The monoisotopic (exact) mass is 247 g/mol. The van der Waals surface area contributed by atoms with Crippen molar-refractivity contribution in [3.63, 3.8) is 0 Å². The van der Waals surface area contributed by atoms with Crippen molar-refractivity contribution in [2.24, 2.45) is 0 Å². The van der Waals surface area contributed by atoms with E-state index in [1.807, 2.05) is 0 Å². The zero-order valence-electron chi connectivity index (χ0n) is 8.85. The third kappa shape index (κ3) is 4.69. The lowest BCUT2D eigenvalue weighted by Gasteiger charge is -2.08. The molecule has 4 nitrogen and oxygen atoms in total. The van der Waals surface area contributed by atoms with Gasteiger partial charge < -0.3 is 5.11 Å². The van der Waals surface area contributed by atoms with Crippen molar-refractivity contribution >= 4 is 10.0 Å². The van der Waals surface area contributed by atoms with E-state index < -0.39 is 21.9 Å². The van der Waals surface area contributed by atoms with Gasteiger partial charge >= 0.3 is 0 Å². The largest absolute Gasteiger partial charge is 0.392 e. The van der Waals surface area contributed by atoms with Gasteiger partial charge in [0.05, 0.1) is 11.9 Å². The second kappa shape index (κ2) is 5.38. The van der Waals surface area contributed by atoms with Crippen LogP contribution in [0.3, 0.4) is 0 Å². The van der Waals surface area contributed by atoms with E-state index in [9.17, 15) is 12.8 Å². The lowest BCUT2D eigenvalue weighted by Crippen LogP contribution is -2.31. The number of rotatable bonds is 5. The van der Waals surface area contributed by atoms with Crippen molar-refractivity contribution in [3.8, 4) is 0 Å². The molecule has 0 radical (unpaired) electrons. The van der Waals surface area contributed by atoms with Crippen LogP contribution in [0.4, 0.5) is 4.39 Å². The first-order valence-electron chi connectivity index (χ1n) is 4.79. The zero-order valence-corrected chi connectivity index (χ0v) is 9.67. The molecule has 1 atom stereocenters. The lowest BCUT2D eigenvalue weighted by molar-refractivity contribution is 0.198. The fourth-order valence-electron chi connectivity index (χ4n) is 1.10. The molecule has 1 aromatic carbocycles. The first-order chi connectivity index (χ1) is 7.39. The number of hydrogen-bond acceptors (Lipinski definition) is 3. The normalized spacial score (nSPS) is 13.7. The van der Waals surface area contributed by atoms with Gasteiger partial charge in [0.25, 0.3) is 0 Å². The summed E-state index contributed by atoms with van der Waals surface area (Å²) < 4.78 is 37.8. The SMILES string of the molecule is C[C@@H](O)CNS(=O)(=O)Cc1ccc(F)cc1. The highest BCUT2D eigenvalue weighted by Crippen LogP contribution is 2.06. The Labute approximate surface area is 94.2 Å². The smallest absolute Gasteiger partial charge is 0.215 e. The van der Waals surface area contributed by atoms with Gasteiger partial charge in [-0.05, 0) is 24.6 Å². The van der Waals surface area contributed by atoms with Gasteiger partial charge in [-0.3, -0.25) is 0 Å². The van der Waals surface area contributed by atoms with Crippen molar-refractivity contribution in [3.05, 3.63) is 35.6 Å². The Morgan fingerprint density at radius 2 is 1.94 bits per heavy atom. The number of benzene rings is 1. The Morgan fingerprint density at radius 3 is 2.44 bits per heavy atom. The first-order valence-corrected chi connectivity index (χ1v) is 6.44. The minimum atomic E-state index is -3.47. The highest BCUT2D eigenvalue weighted by Gasteiger charge is 2.11. The van der Waals surface area contributed by atoms with Crippen molar-refractivity contribution < 1.29 is 17.9 Å². The summed E-state index contributed by atoms with van der Waals surface area (Å²) in [6.45, 7) is 1.46. The van der Waals surface area contributed by atoms with Crippen LogP contribution in [0.15, 0.2) is 24.3 Å². The lowest BCUT2D eigenvalue weighted by atomic mass is 10.2. The number of sulfonamides is 1. The summed E-state index contributed by atoms with van der Waals surface area (Å²) in [6.07, 6.45) is -0.733. The second-order valence-corrected chi connectivity index (χ2v) is 5.39. The minimum Gasteiger partial charge on any atom is -0.392 e. The Bertz CT molecular complexity index is 428. The van der Waals surface area contributed by atoms with Gasteiger partial charge in [-0.1, -0.05) is 12.1 Å². The number of aliphatic hydroxyl groups excluding tert-OH is 1. The van der Waals surface area contributed by atoms with Gasteiger partial charge in [-0.2, -0.15) is 0 Å². The highest BCUT2D eigenvalue weighted by atomic mass is 32.2. The molecule has 16 heavy (non-hydrogen) atoms. The molecule has 0 spiro atoms. The molecule has 2 N–H and O–H groups in total. The van der Waals surface area contributed by atoms with E-state index >= 15 is 0 Å². The maximum atomic E-state index is 12.6. The zero-order chi connectivity index (χ0) is 12.2. The second-order valence-electron chi connectivity index (χ2n) is 3.58. The molecule has 1 aromatic rings. The molecule has 0 amide bonds. The summed E-state index contributed by atoms with van der Waals surface area (Å²) in [6, 6.07) is 5.24. The minimum absolute atomic E-state index is 0.0243. The quantitative estimate of drug-likeness (QED) is 0.802. The molecule has 0 unspecified atom stereocenters. The van der Waals surface area contributed by atoms with Gasteiger partial charge in [0.2, 0.25) is 10.0 Å². The number of aliphatic hydroxyl groups is 1. The molecule has 1 rings (SSSR count). The third-order valence-electron chi connectivity index (χ3n) is 1.87. The molecular weight excluding hydrogens is 233 g/mol. The van der Waals surface area contributed by atoms with Crippen molar-refractivity contribution in [2.75, 3.05) is 6.54 Å². The molecule has 0 aliphatic heterocycles. The number of nitrogens with one attached hydrogen (secondary N) is 1. The Hall–Kier alpha value is -0.980. The Kier molecular flexibility index (Phi) is 4.40. The van der Waals surface area contributed by atoms with Gasteiger partial charge in [0.1, 0.15) is 5.82 Å². The van der Waals surface area contributed by atoms with E-state index in [0.717, 1.165) is 0 Å². The van der Waals surface area contributed by atoms with Crippen LogP contribution in [-0.2, 0) is 15.8 Å². The van der Waals surface area contributed by atoms with E-state index in [1.165, 1.54) is 31.2 Å². The average Bonchev–Trinajstić information content (AvgIpc) is 2.19. The molecule has 0 bridgehead atoms. The molecule has 0 aromatic heterocycles. The highest BCUT2D eigenvalue weighted by molar-refractivity contribution is 7.88. The van der Waals surface area contributed by atoms with Crippen LogP contribution in [0.25, 0.3) is 0 Å². The summed E-state index contributed by atoms with van der Waals surface area (Å²) in [4.78, 5) is 0. The van der Waals surface area contributed by atoms with Crippen LogP contribution in [-0.4, -0.2) is 26.2 Å². The molecule has 0 aliphatic rings. The molecule has 6 heteroatoms. The maximum Gasteiger partial charge on any atom is 0.215 e. The fraction of sp³-hybridized carbons (Fsp3) is 0.400. The van der Waals surface area contributed by atoms with Crippen LogP contribution < -0.4 is 4.72 Å². The van der Waals surface area contributed by atoms with Crippen molar-refractivity contribution in [2.45, 2.75) is 18.8 Å². The third-order valence-corrected chi connectivity index (χ3v) is 3.19. The molecule has 0 heterocycles. The Morgan fingerprint density at radius 1 is 1.38 bits per heavy atom. The van der Waals surface area contributed by atoms with Crippen molar-refractivity contribution in [1.82, 2.24) is 4.72 Å². The molecule has 0 saturated heterocycles. The Balaban J connectivity index is 2.62. The van der Waals surface area contributed by atoms with E-state index in [2.05, 4.69) is 4.72 Å². The molecule has 0 aliphatic carbocycles. The summed E-state index contributed by atoms with van der Waals surface area (Å²) in [5.41, 5.74) is 0.500. The van der Waals surface area contributed by atoms with Crippen LogP contribution in [0.1, 0.15) is 12.5 Å². The number of hydrogen-bond donors (Lipinski definition) is 2. The molecule has 90 valence electrons. The van der Waals surface area contributed by atoms with Crippen LogP contribution in [0, 0.1) is 5.82 Å². The molecular formula is C10H14FNO3S. The van der Waals surface area contributed by atoms with Gasteiger partial charge in [-0.15, -0.1) is 0 Å². The first kappa shape index (κ1) is 13.1. The van der Waals surface area contributed by atoms with Crippen LogP contribution in [0.5, 0.6) is 0 Å². The average molecular weight is 247 g/mol.